The highest BCUT2D eigenvalue weighted by Gasteiger charge is 2.04. The van der Waals surface area contributed by atoms with Gasteiger partial charge in [0.05, 0.1) is 0 Å². The second kappa shape index (κ2) is 3.97. The zero-order valence-electron chi connectivity index (χ0n) is 9.46. The third-order valence-electron chi connectivity index (χ3n) is 2.87. The van der Waals surface area contributed by atoms with Crippen molar-refractivity contribution in [2.45, 2.75) is 33.2 Å². The molecule has 0 aliphatic heterocycles. The van der Waals surface area contributed by atoms with Gasteiger partial charge in [0.1, 0.15) is 0 Å². The van der Waals surface area contributed by atoms with E-state index in [2.05, 4.69) is 30.5 Å². The molecule has 2 N–H and O–H groups in total. The zero-order valence-corrected chi connectivity index (χ0v) is 9.46. The Bertz CT molecular complexity index is 469. The Balaban J connectivity index is 2.48. The number of unbranched alkanes of at least 4 members (excludes halogenated alkanes) is 1. The largest absolute Gasteiger partial charge is 0.399 e. The maximum Gasteiger partial charge on any atom is 0.0483 e. The lowest BCUT2D eigenvalue weighted by molar-refractivity contribution is 0.637. The molecular formula is C13H18N2. The van der Waals surface area contributed by atoms with Crippen molar-refractivity contribution in [2.24, 2.45) is 0 Å². The van der Waals surface area contributed by atoms with Crippen LogP contribution < -0.4 is 5.73 Å². The van der Waals surface area contributed by atoms with Crippen molar-refractivity contribution in [1.29, 1.82) is 0 Å². The van der Waals surface area contributed by atoms with Gasteiger partial charge in [-0.25, -0.2) is 0 Å². The summed E-state index contributed by atoms with van der Waals surface area (Å²) in [5.74, 6) is 0. The molecule has 0 aliphatic rings. The topological polar surface area (TPSA) is 30.9 Å². The van der Waals surface area contributed by atoms with Gasteiger partial charge in [-0.15, -0.1) is 0 Å². The summed E-state index contributed by atoms with van der Waals surface area (Å²) >= 11 is 0. The maximum atomic E-state index is 5.77. The summed E-state index contributed by atoms with van der Waals surface area (Å²) in [6.45, 7) is 5.49. The van der Waals surface area contributed by atoms with E-state index in [0.717, 1.165) is 12.2 Å². The van der Waals surface area contributed by atoms with Gasteiger partial charge in [-0.1, -0.05) is 13.3 Å². The molecule has 2 nitrogen and oxygen atoms in total. The third-order valence-corrected chi connectivity index (χ3v) is 2.87. The van der Waals surface area contributed by atoms with Gasteiger partial charge in [-0.2, -0.15) is 0 Å². The first-order valence-corrected chi connectivity index (χ1v) is 5.57. The predicted molar refractivity (Wildman–Crippen MR) is 66.0 cm³/mol. The molecule has 0 atom stereocenters. The number of aryl methyl sites for hydroxylation is 2. The fourth-order valence-electron chi connectivity index (χ4n) is 2.04. The van der Waals surface area contributed by atoms with Crippen LogP contribution in [0.2, 0.25) is 0 Å². The number of anilines is 1. The standard InChI is InChI=1S/C13H18N2/c1-3-4-7-15-10(2)8-11-9-12(14)5-6-13(11)15/h5-6,8-9H,3-4,7,14H2,1-2H3. The highest BCUT2D eigenvalue weighted by Crippen LogP contribution is 2.22. The number of benzene rings is 1. The second-order valence-corrected chi connectivity index (χ2v) is 4.11. The van der Waals surface area contributed by atoms with Crippen LogP contribution in [0.4, 0.5) is 5.69 Å². The molecule has 0 radical (unpaired) electrons. The molecule has 0 fully saturated rings. The predicted octanol–water partition coefficient (Wildman–Crippen LogP) is 3.33. The molecule has 0 spiro atoms. The van der Waals surface area contributed by atoms with Crippen molar-refractivity contribution in [3.05, 3.63) is 30.0 Å². The van der Waals surface area contributed by atoms with Crippen molar-refractivity contribution in [3.63, 3.8) is 0 Å². The quantitative estimate of drug-likeness (QED) is 0.760. The first-order chi connectivity index (χ1) is 7.22. The molecule has 1 aromatic heterocycles. The van der Waals surface area contributed by atoms with Gasteiger partial charge in [-0.05, 0) is 37.6 Å². The number of rotatable bonds is 3. The van der Waals surface area contributed by atoms with Crippen molar-refractivity contribution in [1.82, 2.24) is 4.57 Å². The smallest absolute Gasteiger partial charge is 0.0483 e. The second-order valence-electron chi connectivity index (χ2n) is 4.11. The molecule has 1 heterocycles. The van der Waals surface area contributed by atoms with E-state index in [1.807, 2.05) is 12.1 Å². The number of nitrogen functional groups attached to an aromatic ring is 1. The van der Waals surface area contributed by atoms with E-state index in [0.29, 0.717) is 0 Å². The van der Waals surface area contributed by atoms with E-state index in [4.69, 9.17) is 5.73 Å². The Morgan fingerprint density at radius 3 is 2.80 bits per heavy atom. The van der Waals surface area contributed by atoms with Gasteiger partial charge < -0.3 is 10.3 Å². The zero-order chi connectivity index (χ0) is 10.8. The van der Waals surface area contributed by atoms with Gasteiger partial charge in [0.25, 0.3) is 0 Å². The van der Waals surface area contributed by atoms with Gasteiger partial charge in [0.2, 0.25) is 0 Å². The molecule has 0 aliphatic carbocycles. The number of hydrogen-bond acceptors (Lipinski definition) is 1. The minimum atomic E-state index is 0.843. The van der Waals surface area contributed by atoms with E-state index in [9.17, 15) is 0 Å². The van der Waals surface area contributed by atoms with Crippen molar-refractivity contribution in [2.75, 3.05) is 5.73 Å². The molecule has 0 saturated carbocycles. The summed E-state index contributed by atoms with van der Waals surface area (Å²) < 4.78 is 2.37. The number of nitrogens with two attached hydrogens (primary N) is 1. The van der Waals surface area contributed by atoms with E-state index in [-0.39, 0.29) is 0 Å². The minimum absolute atomic E-state index is 0.843. The molecule has 1 aromatic carbocycles. The number of aromatic nitrogens is 1. The number of nitrogens with zero attached hydrogens (tertiary/aromatic N) is 1. The summed E-state index contributed by atoms with van der Waals surface area (Å²) in [6.07, 6.45) is 2.46. The highest BCUT2D eigenvalue weighted by molar-refractivity contribution is 5.84. The van der Waals surface area contributed by atoms with Crippen molar-refractivity contribution in [3.8, 4) is 0 Å². The summed E-state index contributed by atoms with van der Waals surface area (Å²) in [5.41, 5.74) is 9.24. The van der Waals surface area contributed by atoms with E-state index in [1.54, 1.807) is 0 Å². The van der Waals surface area contributed by atoms with E-state index >= 15 is 0 Å². The van der Waals surface area contributed by atoms with Gasteiger partial charge in [-0.3, -0.25) is 0 Å². The van der Waals surface area contributed by atoms with Crippen LogP contribution in [0.3, 0.4) is 0 Å². The minimum Gasteiger partial charge on any atom is -0.399 e. The molecule has 15 heavy (non-hydrogen) atoms. The first-order valence-electron chi connectivity index (χ1n) is 5.57. The molecule has 0 amide bonds. The molecule has 0 unspecified atom stereocenters. The monoisotopic (exact) mass is 202 g/mol. The van der Waals surface area contributed by atoms with Crippen LogP contribution in [0, 0.1) is 6.92 Å². The van der Waals surface area contributed by atoms with Gasteiger partial charge in [0.15, 0.2) is 0 Å². The van der Waals surface area contributed by atoms with Gasteiger partial charge >= 0.3 is 0 Å². The Morgan fingerprint density at radius 2 is 2.07 bits per heavy atom. The number of hydrogen-bond donors (Lipinski definition) is 1. The summed E-state index contributed by atoms with van der Waals surface area (Å²) in [4.78, 5) is 0. The molecule has 2 rings (SSSR count). The Hall–Kier alpha value is -1.44. The van der Waals surface area contributed by atoms with Crippen molar-refractivity contribution >= 4 is 16.6 Å². The van der Waals surface area contributed by atoms with Crippen LogP contribution in [0.1, 0.15) is 25.5 Å². The fraction of sp³-hybridized carbons (Fsp3) is 0.385. The fourth-order valence-corrected chi connectivity index (χ4v) is 2.04. The van der Waals surface area contributed by atoms with Gasteiger partial charge in [0, 0.05) is 28.8 Å². The lowest BCUT2D eigenvalue weighted by atomic mass is 10.2. The normalized spacial score (nSPS) is 11.1. The van der Waals surface area contributed by atoms with Crippen LogP contribution in [-0.4, -0.2) is 4.57 Å². The average Bonchev–Trinajstić information content (AvgIpc) is 2.50. The highest BCUT2D eigenvalue weighted by atomic mass is 15.0. The molecule has 0 bridgehead atoms. The molecular weight excluding hydrogens is 184 g/mol. The summed E-state index contributed by atoms with van der Waals surface area (Å²) in [5, 5.41) is 1.25. The van der Waals surface area contributed by atoms with Crippen LogP contribution >= 0.6 is 0 Å². The maximum absolute atomic E-state index is 5.77. The Morgan fingerprint density at radius 1 is 1.27 bits per heavy atom. The van der Waals surface area contributed by atoms with Crippen LogP contribution in [-0.2, 0) is 6.54 Å². The summed E-state index contributed by atoms with van der Waals surface area (Å²) in [6, 6.07) is 8.35. The number of fused-ring (bicyclic) bond motifs is 1. The Labute approximate surface area is 90.7 Å². The third kappa shape index (κ3) is 1.84. The van der Waals surface area contributed by atoms with Crippen LogP contribution in [0.25, 0.3) is 10.9 Å². The Kier molecular flexibility index (Phi) is 2.67. The molecule has 0 saturated heterocycles. The lowest BCUT2D eigenvalue weighted by Crippen LogP contribution is -1.99. The SMILES string of the molecule is CCCCn1c(C)cc2cc(N)ccc21. The van der Waals surface area contributed by atoms with E-state index < -0.39 is 0 Å². The summed E-state index contributed by atoms with van der Waals surface area (Å²) in [7, 11) is 0. The lowest BCUT2D eigenvalue weighted by Gasteiger charge is -2.06. The molecule has 2 heteroatoms. The van der Waals surface area contributed by atoms with Crippen molar-refractivity contribution < 1.29 is 0 Å². The first kappa shape index (κ1) is 10.1. The van der Waals surface area contributed by atoms with Crippen LogP contribution in [0.5, 0.6) is 0 Å². The van der Waals surface area contributed by atoms with E-state index in [1.165, 1.54) is 29.4 Å². The average molecular weight is 202 g/mol. The van der Waals surface area contributed by atoms with Crippen LogP contribution in [0.15, 0.2) is 24.3 Å². The molecule has 2 aromatic rings. The molecule has 80 valence electrons.